The SMILES string of the molecule is ClCCCC[C@H]1CCCc2ccccc21. The molecular formula is C14H19Cl. The van der Waals surface area contributed by atoms with Gasteiger partial charge in [-0.05, 0) is 49.1 Å². The lowest BCUT2D eigenvalue weighted by Crippen LogP contribution is -2.09. The first-order chi connectivity index (χ1) is 7.42. The van der Waals surface area contributed by atoms with Crippen LogP contribution in [0.5, 0.6) is 0 Å². The molecule has 0 fully saturated rings. The molecule has 1 aliphatic rings. The molecule has 0 spiro atoms. The fourth-order valence-electron chi connectivity index (χ4n) is 2.64. The predicted molar refractivity (Wildman–Crippen MR) is 66.7 cm³/mol. The van der Waals surface area contributed by atoms with Gasteiger partial charge in [0.1, 0.15) is 0 Å². The number of alkyl halides is 1. The van der Waals surface area contributed by atoms with Gasteiger partial charge in [-0.25, -0.2) is 0 Å². The smallest absolute Gasteiger partial charge is 0.0223 e. The van der Waals surface area contributed by atoms with Gasteiger partial charge in [-0.2, -0.15) is 0 Å². The molecular weight excluding hydrogens is 204 g/mol. The van der Waals surface area contributed by atoms with Crippen LogP contribution in [-0.2, 0) is 6.42 Å². The highest BCUT2D eigenvalue weighted by molar-refractivity contribution is 6.17. The van der Waals surface area contributed by atoms with Gasteiger partial charge in [0, 0.05) is 5.88 Å². The summed E-state index contributed by atoms with van der Waals surface area (Å²) >= 11 is 5.72. The lowest BCUT2D eigenvalue weighted by atomic mass is 9.80. The lowest BCUT2D eigenvalue weighted by Gasteiger charge is -2.25. The van der Waals surface area contributed by atoms with Gasteiger partial charge in [-0.1, -0.05) is 30.7 Å². The van der Waals surface area contributed by atoms with Gasteiger partial charge in [0.25, 0.3) is 0 Å². The summed E-state index contributed by atoms with van der Waals surface area (Å²) in [6, 6.07) is 8.96. The number of fused-ring (bicyclic) bond motifs is 1. The Labute approximate surface area is 97.6 Å². The minimum absolute atomic E-state index is 0.804. The zero-order valence-electron chi connectivity index (χ0n) is 9.21. The molecule has 1 aromatic rings. The Kier molecular flexibility index (Phi) is 4.08. The van der Waals surface area contributed by atoms with Gasteiger partial charge in [0.05, 0.1) is 0 Å². The molecule has 0 aromatic heterocycles. The molecule has 0 saturated carbocycles. The van der Waals surface area contributed by atoms with Gasteiger partial charge in [0.2, 0.25) is 0 Å². The maximum Gasteiger partial charge on any atom is 0.0223 e. The van der Waals surface area contributed by atoms with Crippen LogP contribution in [0.1, 0.15) is 49.1 Å². The number of hydrogen-bond donors (Lipinski definition) is 0. The van der Waals surface area contributed by atoms with Crippen molar-refractivity contribution in [2.75, 3.05) is 5.88 Å². The summed E-state index contributed by atoms with van der Waals surface area (Å²) in [5, 5.41) is 0. The van der Waals surface area contributed by atoms with E-state index in [4.69, 9.17) is 11.6 Å². The third-order valence-electron chi connectivity index (χ3n) is 3.43. The van der Waals surface area contributed by atoms with Crippen LogP contribution in [0, 0.1) is 0 Å². The number of rotatable bonds is 4. The standard InChI is InChI=1S/C14H19Cl/c15-11-4-3-7-13-9-5-8-12-6-1-2-10-14(12)13/h1-2,6,10,13H,3-5,7-9,11H2/t13-/m0/s1. The minimum Gasteiger partial charge on any atom is -0.127 e. The number of hydrogen-bond acceptors (Lipinski definition) is 0. The Bertz CT molecular complexity index is 306. The molecule has 0 radical (unpaired) electrons. The van der Waals surface area contributed by atoms with Crippen LogP contribution >= 0.6 is 11.6 Å². The molecule has 0 aliphatic heterocycles. The normalized spacial score (nSPS) is 19.9. The second-order valence-electron chi connectivity index (χ2n) is 4.47. The van der Waals surface area contributed by atoms with Gasteiger partial charge < -0.3 is 0 Å². The van der Waals surface area contributed by atoms with Crippen molar-refractivity contribution < 1.29 is 0 Å². The summed E-state index contributed by atoms with van der Waals surface area (Å²) in [4.78, 5) is 0. The van der Waals surface area contributed by atoms with Crippen molar-refractivity contribution in [2.45, 2.75) is 44.4 Å². The molecule has 0 saturated heterocycles. The van der Waals surface area contributed by atoms with Crippen molar-refractivity contribution in [3.63, 3.8) is 0 Å². The van der Waals surface area contributed by atoms with E-state index < -0.39 is 0 Å². The van der Waals surface area contributed by atoms with E-state index in [2.05, 4.69) is 24.3 Å². The van der Waals surface area contributed by atoms with Crippen molar-refractivity contribution in [3.8, 4) is 0 Å². The van der Waals surface area contributed by atoms with Crippen molar-refractivity contribution in [3.05, 3.63) is 35.4 Å². The molecule has 0 amide bonds. The van der Waals surface area contributed by atoms with Gasteiger partial charge in [-0.3, -0.25) is 0 Å². The highest BCUT2D eigenvalue weighted by atomic mass is 35.5. The van der Waals surface area contributed by atoms with Gasteiger partial charge in [-0.15, -0.1) is 11.6 Å². The maximum atomic E-state index is 5.72. The summed E-state index contributed by atoms with van der Waals surface area (Å²) in [5.74, 6) is 1.62. The minimum atomic E-state index is 0.804. The van der Waals surface area contributed by atoms with Gasteiger partial charge in [0.15, 0.2) is 0 Å². The van der Waals surface area contributed by atoms with Crippen LogP contribution in [-0.4, -0.2) is 5.88 Å². The van der Waals surface area contributed by atoms with Crippen LogP contribution in [0.3, 0.4) is 0 Å². The Hall–Kier alpha value is -0.490. The number of aryl methyl sites for hydroxylation is 1. The summed E-state index contributed by atoms with van der Waals surface area (Å²) in [7, 11) is 0. The van der Waals surface area contributed by atoms with Crippen LogP contribution in [0.15, 0.2) is 24.3 Å². The van der Waals surface area contributed by atoms with E-state index in [1.165, 1.54) is 38.5 Å². The van der Waals surface area contributed by atoms with Crippen molar-refractivity contribution >= 4 is 11.6 Å². The summed E-state index contributed by atoms with van der Waals surface area (Å²) < 4.78 is 0. The highest BCUT2D eigenvalue weighted by Crippen LogP contribution is 2.34. The Morgan fingerprint density at radius 3 is 2.93 bits per heavy atom. The molecule has 82 valence electrons. The number of halogens is 1. The summed E-state index contributed by atoms with van der Waals surface area (Å²) in [6.07, 6.45) is 7.79. The van der Waals surface area contributed by atoms with E-state index >= 15 is 0 Å². The Balaban J connectivity index is 2.02. The zero-order chi connectivity index (χ0) is 10.5. The van der Waals surface area contributed by atoms with Crippen LogP contribution in [0.25, 0.3) is 0 Å². The molecule has 0 heterocycles. The summed E-state index contributed by atoms with van der Waals surface area (Å²) in [6.45, 7) is 0. The molecule has 0 bridgehead atoms. The van der Waals surface area contributed by atoms with Gasteiger partial charge >= 0.3 is 0 Å². The number of unbranched alkanes of at least 4 members (excludes halogenated alkanes) is 1. The molecule has 15 heavy (non-hydrogen) atoms. The van der Waals surface area contributed by atoms with E-state index in [9.17, 15) is 0 Å². The predicted octanol–water partition coefficient (Wildman–Crippen LogP) is 4.52. The molecule has 0 nitrogen and oxygen atoms in total. The second-order valence-corrected chi connectivity index (χ2v) is 4.85. The van der Waals surface area contributed by atoms with Crippen LogP contribution < -0.4 is 0 Å². The van der Waals surface area contributed by atoms with Crippen molar-refractivity contribution in [1.82, 2.24) is 0 Å². The quantitative estimate of drug-likeness (QED) is 0.519. The van der Waals surface area contributed by atoms with Crippen LogP contribution in [0.2, 0.25) is 0 Å². The monoisotopic (exact) mass is 222 g/mol. The molecule has 2 rings (SSSR count). The third-order valence-corrected chi connectivity index (χ3v) is 3.70. The van der Waals surface area contributed by atoms with E-state index in [0.717, 1.165) is 11.8 Å². The van der Waals surface area contributed by atoms with Crippen LogP contribution in [0.4, 0.5) is 0 Å². The highest BCUT2D eigenvalue weighted by Gasteiger charge is 2.18. The average Bonchev–Trinajstić information content (AvgIpc) is 2.30. The molecule has 0 N–H and O–H groups in total. The maximum absolute atomic E-state index is 5.72. The zero-order valence-corrected chi connectivity index (χ0v) is 9.97. The van der Waals surface area contributed by atoms with E-state index in [-0.39, 0.29) is 0 Å². The first-order valence-electron chi connectivity index (χ1n) is 6.05. The largest absolute Gasteiger partial charge is 0.127 e. The second kappa shape index (κ2) is 5.55. The molecule has 1 heteroatoms. The third kappa shape index (κ3) is 2.75. The van der Waals surface area contributed by atoms with E-state index in [1.54, 1.807) is 11.1 Å². The Morgan fingerprint density at radius 2 is 2.07 bits per heavy atom. The lowest BCUT2D eigenvalue weighted by molar-refractivity contribution is 0.502. The molecule has 0 unspecified atom stereocenters. The number of benzene rings is 1. The summed E-state index contributed by atoms with van der Waals surface area (Å²) in [5.41, 5.74) is 3.19. The topological polar surface area (TPSA) is 0 Å². The van der Waals surface area contributed by atoms with Crippen molar-refractivity contribution in [1.29, 1.82) is 0 Å². The van der Waals surface area contributed by atoms with E-state index in [0.29, 0.717) is 0 Å². The van der Waals surface area contributed by atoms with E-state index in [1.807, 2.05) is 0 Å². The average molecular weight is 223 g/mol. The molecule has 1 atom stereocenters. The molecule has 1 aliphatic carbocycles. The fourth-order valence-corrected chi connectivity index (χ4v) is 2.83. The van der Waals surface area contributed by atoms with Crippen molar-refractivity contribution in [2.24, 2.45) is 0 Å². The Morgan fingerprint density at radius 1 is 1.20 bits per heavy atom. The molecule has 1 aromatic carbocycles. The fraction of sp³-hybridized carbons (Fsp3) is 0.571. The first kappa shape index (κ1) is 11.0. The first-order valence-corrected chi connectivity index (χ1v) is 6.59.